The first-order valence-electron chi connectivity index (χ1n) is 9.77. The summed E-state index contributed by atoms with van der Waals surface area (Å²) in [5.41, 5.74) is 5.88. The van der Waals surface area contributed by atoms with Crippen molar-refractivity contribution in [1.82, 2.24) is 9.71 Å². The fraction of sp³-hybridized carbons (Fsp3) is 0.500. The number of benzene rings is 1. The van der Waals surface area contributed by atoms with Crippen molar-refractivity contribution in [2.45, 2.75) is 19.3 Å². The Labute approximate surface area is 176 Å². The number of carbonyl (C=O) groups is 1. The van der Waals surface area contributed by atoms with E-state index in [0.29, 0.717) is 34.9 Å². The van der Waals surface area contributed by atoms with Gasteiger partial charge in [-0.25, -0.2) is 18.1 Å². The maximum Gasteiger partial charge on any atom is 0.250 e. The molecule has 3 rings (SSSR count). The van der Waals surface area contributed by atoms with Crippen LogP contribution in [0, 0.1) is 5.92 Å². The molecular weight excluding hydrogens is 408 g/mol. The number of aromatic nitrogens is 1. The van der Waals surface area contributed by atoms with Gasteiger partial charge in [0.1, 0.15) is 5.82 Å². The minimum absolute atomic E-state index is 0.330. The summed E-state index contributed by atoms with van der Waals surface area (Å²) in [6, 6.07) is 3.58. The fourth-order valence-corrected chi connectivity index (χ4v) is 4.37. The summed E-state index contributed by atoms with van der Waals surface area (Å²) in [7, 11) is -0.0558. The Morgan fingerprint density at radius 3 is 2.33 bits per heavy atom. The van der Waals surface area contributed by atoms with Crippen molar-refractivity contribution in [3.63, 3.8) is 0 Å². The van der Waals surface area contributed by atoms with E-state index in [1.807, 2.05) is 6.07 Å². The van der Waals surface area contributed by atoms with E-state index in [9.17, 15) is 13.2 Å². The maximum atomic E-state index is 11.9. The van der Waals surface area contributed by atoms with Crippen LogP contribution in [0.5, 0.6) is 11.5 Å². The van der Waals surface area contributed by atoms with Gasteiger partial charge in [0.15, 0.2) is 11.5 Å². The molecule has 30 heavy (non-hydrogen) atoms. The summed E-state index contributed by atoms with van der Waals surface area (Å²) in [4.78, 5) is 18.6. The highest BCUT2D eigenvalue weighted by molar-refractivity contribution is 7.88. The molecule has 2 aromatic rings. The van der Waals surface area contributed by atoms with Crippen molar-refractivity contribution < 1.29 is 22.7 Å². The molecule has 0 unspecified atom stereocenters. The third-order valence-electron chi connectivity index (χ3n) is 5.47. The van der Waals surface area contributed by atoms with Crippen LogP contribution in [0.1, 0.15) is 29.6 Å². The first kappa shape index (κ1) is 22.1. The zero-order valence-corrected chi connectivity index (χ0v) is 18.3. The van der Waals surface area contributed by atoms with E-state index in [2.05, 4.69) is 14.6 Å². The lowest BCUT2D eigenvalue weighted by molar-refractivity contribution is 0.100. The van der Waals surface area contributed by atoms with E-state index < -0.39 is 15.9 Å². The van der Waals surface area contributed by atoms with Crippen LogP contribution >= 0.6 is 0 Å². The number of nitrogens with one attached hydrogen (secondary N) is 1. The molecule has 1 aromatic heterocycles. The van der Waals surface area contributed by atoms with Gasteiger partial charge < -0.3 is 20.1 Å². The summed E-state index contributed by atoms with van der Waals surface area (Å²) < 4.78 is 35.8. The number of carbonyl (C=O) groups excluding carboxylic acids is 1. The summed E-state index contributed by atoms with van der Waals surface area (Å²) in [5.74, 6) is 1.73. The molecule has 9 nitrogen and oxygen atoms in total. The first-order valence-corrected chi connectivity index (χ1v) is 11.7. The van der Waals surface area contributed by atoms with Crippen molar-refractivity contribution in [1.29, 1.82) is 0 Å². The van der Waals surface area contributed by atoms with E-state index >= 15 is 0 Å². The predicted molar refractivity (Wildman–Crippen MR) is 116 cm³/mol. The fourth-order valence-electron chi connectivity index (χ4n) is 3.88. The summed E-state index contributed by atoms with van der Waals surface area (Å²) in [5, 5.41) is 1.45. The predicted octanol–water partition coefficient (Wildman–Crippen LogP) is 1.51. The van der Waals surface area contributed by atoms with E-state index in [0.717, 1.165) is 43.6 Å². The molecule has 1 aromatic carbocycles. The van der Waals surface area contributed by atoms with Crippen LogP contribution < -0.4 is 24.8 Å². The Bertz CT molecular complexity index is 1030. The summed E-state index contributed by atoms with van der Waals surface area (Å²) >= 11 is 0. The standard InChI is InChI=1S/C20H28N4O5S/c1-28-17-10-14-15(11-18(17)29-2)20(22-12-16(14)19(21)25)24-8-5-13(6-9-24)4-7-23-30(3,26)27/h10-13,23H,4-9H2,1-3H3,(H2,21,25). The number of amides is 1. The number of methoxy groups -OCH3 is 2. The van der Waals surface area contributed by atoms with Crippen molar-refractivity contribution in [3.05, 3.63) is 23.9 Å². The maximum absolute atomic E-state index is 11.9. The van der Waals surface area contributed by atoms with Gasteiger partial charge in [0.05, 0.1) is 26.0 Å². The van der Waals surface area contributed by atoms with Gasteiger partial charge >= 0.3 is 0 Å². The lowest BCUT2D eigenvalue weighted by Gasteiger charge is -2.33. The molecule has 0 aliphatic carbocycles. The molecule has 164 valence electrons. The molecule has 0 saturated carbocycles. The highest BCUT2D eigenvalue weighted by atomic mass is 32.2. The molecule has 1 aliphatic rings. The van der Waals surface area contributed by atoms with Crippen LogP contribution in [0.25, 0.3) is 10.8 Å². The van der Waals surface area contributed by atoms with Gasteiger partial charge in [0.25, 0.3) is 5.91 Å². The van der Waals surface area contributed by atoms with Crippen LogP contribution in [0.2, 0.25) is 0 Å². The van der Waals surface area contributed by atoms with Gasteiger partial charge in [0, 0.05) is 36.6 Å². The second kappa shape index (κ2) is 9.05. The van der Waals surface area contributed by atoms with Crippen LogP contribution in [-0.2, 0) is 10.0 Å². The molecule has 2 heterocycles. The molecule has 1 saturated heterocycles. The van der Waals surface area contributed by atoms with Gasteiger partial charge in [-0.2, -0.15) is 0 Å². The third-order valence-corrected chi connectivity index (χ3v) is 6.20. The van der Waals surface area contributed by atoms with Crippen molar-refractivity contribution in [2.75, 3.05) is 45.0 Å². The number of ether oxygens (including phenoxy) is 2. The molecule has 3 N–H and O–H groups in total. The second-order valence-electron chi connectivity index (χ2n) is 7.50. The number of nitrogens with two attached hydrogens (primary N) is 1. The normalized spacial score (nSPS) is 15.4. The monoisotopic (exact) mass is 436 g/mol. The van der Waals surface area contributed by atoms with E-state index in [1.165, 1.54) is 12.5 Å². The Hall–Kier alpha value is -2.59. The van der Waals surface area contributed by atoms with Crippen LogP contribution in [-0.4, -0.2) is 59.4 Å². The Morgan fingerprint density at radius 2 is 1.80 bits per heavy atom. The topological polar surface area (TPSA) is 124 Å². The molecule has 1 aliphatic heterocycles. The van der Waals surface area contributed by atoms with Crippen LogP contribution in [0.4, 0.5) is 5.82 Å². The van der Waals surface area contributed by atoms with Gasteiger partial charge in [-0.1, -0.05) is 0 Å². The molecule has 0 spiro atoms. The number of piperidine rings is 1. The van der Waals surface area contributed by atoms with Crippen molar-refractivity contribution in [2.24, 2.45) is 11.7 Å². The number of hydrogen-bond acceptors (Lipinski definition) is 7. The molecule has 0 bridgehead atoms. The number of hydrogen-bond donors (Lipinski definition) is 2. The van der Waals surface area contributed by atoms with Crippen molar-refractivity contribution >= 4 is 32.5 Å². The SMILES string of the molecule is COc1cc2c(C(N)=O)cnc(N3CCC(CCNS(C)(=O)=O)CC3)c2cc1OC. The van der Waals surface area contributed by atoms with Crippen LogP contribution in [0.15, 0.2) is 18.3 Å². The molecule has 10 heteroatoms. The average molecular weight is 437 g/mol. The number of fused-ring (bicyclic) bond motifs is 1. The van der Waals surface area contributed by atoms with Gasteiger partial charge in [0.2, 0.25) is 10.0 Å². The number of sulfonamides is 1. The largest absolute Gasteiger partial charge is 0.493 e. The Morgan fingerprint density at radius 1 is 1.20 bits per heavy atom. The van der Waals surface area contributed by atoms with Crippen LogP contribution in [0.3, 0.4) is 0 Å². The third kappa shape index (κ3) is 4.93. The zero-order valence-electron chi connectivity index (χ0n) is 17.5. The number of anilines is 1. The number of primary amides is 1. The van der Waals surface area contributed by atoms with E-state index in [-0.39, 0.29) is 0 Å². The zero-order chi connectivity index (χ0) is 21.9. The number of nitrogens with zero attached hydrogens (tertiary/aromatic N) is 2. The van der Waals surface area contributed by atoms with Gasteiger partial charge in [-0.3, -0.25) is 4.79 Å². The Kier molecular flexibility index (Phi) is 6.67. The molecule has 1 fully saturated rings. The van der Waals surface area contributed by atoms with E-state index in [1.54, 1.807) is 20.3 Å². The number of pyridine rings is 1. The van der Waals surface area contributed by atoms with Crippen molar-refractivity contribution in [3.8, 4) is 11.5 Å². The summed E-state index contributed by atoms with van der Waals surface area (Å²) in [6.45, 7) is 2.03. The Balaban J connectivity index is 1.84. The minimum Gasteiger partial charge on any atom is -0.493 e. The average Bonchev–Trinajstić information content (AvgIpc) is 2.71. The molecular formula is C20H28N4O5S. The quantitative estimate of drug-likeness (QED) is 0.643. The minimum atomic E-state index is -3.16. The molecule has 1 amide bonds. The van der Waals surface area contributed by atoms with Gasteiger partial charge in [-0.15, -0.1) is 0 Å². The van der Waals surface area contributed by atoms with Gasteiger partial charge in [-0.05, 0) is 37.3 Å². The molecule has 0 radical (unpaired) electrons. The lowest BCUT2D eigenvalue weighted by atomic mass is 9.93. The van der Waals surface area contributed by atoms with E-state index in [4.69, 9.17) is 15.2 Å². The second-order valence-corrected chi connectivity index (χ2v) is 9.33. The smallest absolute Gasteiger partial charge is 0.250 e. The summed E-state index contributed by atoms with van der Waals surface area (Å²) in [6.07, 6.45) is 5.35. The highest BCUT2D eigenvalue weighted by Gasteiger charge is 2.24. The lowest BCUT2D eigenvalue weighted by Crippen LogP contribution is -2.35. The first-order chi connectivity index (χ1) is 14.2. The highest BCUT2D eigenvalue weighted by Crippen LogP contribution is 2.38. The molecule has 0 atom stereocenters. The number of rotatable bonds is 8.